The maximum atomic E-state index is 13.3. The molecule has 1 aliphatic rings. The second-order valence-electron chi connectivity index (χ2n) is 3.91. The minimum atomic E-state index is -0.555. The Balaban J connectivity index is 2.19. The van der Waals surface area contributed by atoms with Crippen LogP contribution in [0.1, 0.15) is 24.8 Å². The minimum Gasteiger partial charge on any atom is -0.393 e. The van der Waals surface area contributed by atoms with E-state index < -0.39 is 17.7 Å². The van der Waals surface area contributed by atoms with Crippen LogP contribution in [0.5, 0.6) is 0 Å². The zero-order valence-corrected chi connectivity index (χ0v) is 7.87. The molecule has 1 nitrogen and oxygen atoms in total. The molecule has 0 radical (unpaired) electrons. The number of aliphatic hydroxyl groups is 1. The molecular weight excluding hydrogens is 186 g/mol. The lowest BCUT2D eigenvalue weighted by Gasteiger charge is -2.04. The van der Waals surface area contributed by atoms with E-state index in [4.69, 9.17) is 0 Å². The van der Waals surface area contributed by atoms with Crippen molar-refractivity contribution >= 4 is 0 Å². The summed E-state index contributed by atoms with van der Waals surface area (Å²) in [6.45, 7) is 1.70. The molecule has 3 atom stereocenters. The van der Waals surface area contributed by atoms with Crippen LogP contribution in [0.2, 0.25) is 0 Å². The van der Waals surface area contributed by atoms with Crippen molar-refractivity contribution in [3.8, 4) is 0 Å². The summed E-state index contributed by atoms with van der Waals surface area (Å²) in [6.07, 6.45) is 0.379. The van der Waals surface area contributed by atoms with E-state index >= 15 is 0 Å². The monoisotopic (exact) mass is 198 g/mol. The van der Waals surface area contributed by atoms with Crippen LogP contribution in [0.15, 0.2) is 18.2 Å². The quantitative estimate of drug-likeness (QED) is 0.773. The second kappa shape index (κ2) is 3.31. The van der Waals surface area contributed by atoms with Gasteiger partial charge in [-0.3, -0.25) is 0 Å². The van der Waals surface area contributed by atoms with Gasteiger partial charge in [0.15, 0.2) is 0 Å². The van der Waals surface area contributed by atoms with Crippen LogP contribution in [0.25, 0.3) is 0 Å². The van der Waals surface area contributed by atoms with Crippen molar-refractivity contribution in [2.24, 2.45) is 5.92 Å². The van der Waals surface area contributed by atoms with E-state index in [1.54, 1.807) is 6.92 Å². The van der Waals surface area contributed by atoms with Gasteiger partial charge in [-0.05, 0) is 36.8 Å². The number of benzene rings is 1. The predicted molar refractivity (Wildman–Crippen MR) is 48.9 cm³/mol. The van der Waals surface area contributed by atoms with Gasteiger partial charge in [-0.15, -0.1) is 0 Å². The van der Waals surface area contributed by atoms with E-state index in [0.29, 0.717) is 5.56 Å². The Kier molecular flexibility index (Phi) is 2.27. The highest BCUT2D eigenvalue weighted by molar-refractivity contribution is 5.28. The molecule has 0 bridgehead atoms. The van der Waals surface area contributed by atoms with Crippen molar-refractivity contribution in [3.05, 3.63) is 35.4 Å². The fraction of sp³-hybridized carbons (Fsp3) is 0.455. The third kappa shape index (κ3) is 1.64. The summed E-state index contributed by atoms with van der Waals surface area (Å²) < 4.78 is 25.9. The fourth-order valence-corrected chi connectivity index (χ4v) is 1.91. The number of rotatable bonds is 2. The predicted octanol–water partition coefficient (Wildman–Crippen LogP) is 2.45. The largest absolute Gasteiger partial charge is 0.393 e. The van der Waals surface area contributed by atoms with Crippen molar-refractivity contribution in [3.63, 3.8) is 0 Å². The number of hydrogen-bond acceptors (Lipinski definition) is 1. The fourth-order valence-electron chi connectivity index (χ4n) is 1.91. The highest BCUT2D eigenvalue weighted by Gasteiger charge is 2.42. The standard InChI is InChI=1S/C11H12F2O/c1-6(14)9-5-10(9)8-3-2-7(12)4-11(8)13/h2-4,6,9-10,14H,5H2,1H3/t6-,9-,10-/m1/s1. The van der Waals surface area contributed by atoms with Gasteiger partial charge in [-0.1, -0.05) is 6.07 Å². The summed E-state index contributed by atoms with van der Waals surface area (Å²) in [5, 5.41) is 9.27. The number of aliphatic hydroxyl groups excluding tert-OH is 1. The van der Waals surface area contributed by atoms with E-state index in [1.807, 2.05) is 0 Å². The maximum Gasteiger partial charge on any atom is 0.129 e. The van der Waals surface area contributed by atoms with Gasteiger partial charge < -0.3 is 5.11 Å². The summed E-state index contributed by atoms with van der Waals surface area (Å²) in [5.74, 6) is -0.857. The van der Waals surface area contributed by atoms with Crippen molar-refractivity contribution < 1.29 is 13.9 Å². The van der Waals surface area contributed by atoms with Crippen LogP contribution < -0.4 is 0 Å². The average molecular weight is 198 g/mol. The summed E-state index contributed by atoms with van der Waals surface area (Å²) in [4.78, 5) is 0. The van der Waals surface area contributed by atoms with Crippen molar-refractivity contribution in [1.29, 1.82) is 0 Å². The van der Waals surface area contributed by atoms with Gasteiger partial charge in [-0.25, -0.2) is 8.78 Å². The molecule has 1 fully saturated rings. The Bertz CT molecular complexity index is 349. The molecule has 0 aliphatic heterocycles. The normalized spacial score (nSPS) is 27.4. The molecule has 3 heteroatoms. The van der Waals surface area contributed by atoms with E-state index in [2.05, 4.69) is 0 Å². The Morgan fingerprint density at radius 1 is 1.43 bits per heavy atom. The molecule has 14 heavy (non-hydrogen) atoms. The van der Waals surface area contributed by atoms with Crippen LogP contribution in [-0.4, -0.2) is 11.2 Å². The average Bonchev–Trinajstić information content (AvgIpc) is 2.83. The lowest BCUT2D eigenvalue weighted by molar-refractivity contribution is 0.168. The summed E-state index contributed by atoms with van der Waals surface area (Å²) in [6, 6.07) is 3.63. The topological polar surface area (TPSA) is 20.2 Å². The Labute approximate surface area is 81.4 Å². The molecule has 1 saturated carbocycles. The van der Waals surface area contributed by atoms with Crippen LogP contribution in [0.3, 0.4) is 0 Å². The molecule has 76 valence electrons. The van der Waals surface area contributed by atoms with Crippen LogP contribution in [-0.2, 0) is 0 Å². The smallest absolute Gasteiger partial charge is 0.129 e. The molecule has 0 saturated heterocycles. The lowest BCUT2D eigenvalue weighted by atomic mass is 10.1. The van der Waals surface area contributed by atoms with Gasteiger partial charge in [0.25, 0.3) is 0 Å². The van der Waals surface area contributed by atoms with Gasteiger partial charge in [-0.2, -0.15) is 0 Å². The molecule has 1 N–H and O–H groups in total. The van der Waals surface area contributed by atoms with Gasteiger partial charge in [0.1, 0.15) is 11.6 Å². The van der Waals surface area contributed by atoms with Crippen molar-refractivity contribution in [2.75, 3.05) is 0 Å². The second-order valence-corrected chi connectivity index (χ2v) is 3.91. The molecule has 0 amide bonds. The van der Waals surface area contributed by atoms with Gasteiger partial charge >= 0.3 is 0 Å². The van der Waals surface area contributed by atoms with Gasteiger partial charge in [0, 0.05) is 6.07 Å². The molecule has 1 aromatic rings. The number of halogens is 2. The van der Waals surface area contributed by atoms with Gasteiger partial charge in [0.05, 0.1) is 6.10 Å². The summed E-state index contributed by atoms with van der Waals surface area (Å²) in [7, 11) is 0. The van der Waals surface area contributed by atoms with Crippen LogP contribution in [0.4, 0.5) is 8.78 Å². The molecular formula is C11H12F2O. The van der Waals surface area contributed by atoms with E-state index in [-0.39, 0.29) is 11.8 Å². The van der Waals surface area contributed by atoms with Crippen LogP contribution in [0, 0.1) is 17.6 Å². The first-order valence-corrected chi connectivity index (χ1v) is 4.72. The molecule has 2 rings (SSSR count). The minimum absolute atomic E-state index is 0.0654. The number of hydrogen-bond donors (Lipinski definition) is 1. The molecule has 1 aliphatic carbocycles. The van der Waals surface area contributed by atoms with Crippen molar-refractivity contribution in [1.82, 2.24) is 0 Å². The first-order chi connectivity index (χ1) is 6.59. The van der Waals surface area contributed by atoms with Crippen LogP contribution >= 0.6 is 0 Å². The Hall–Kier alpha value is -0.960. The third-order valence-electron chi connectivity index (χ3n) is 2.82. The summed E-state index contributed by atoms with van der Waals surface area (Å²) in [5.41, 5.74) is 0.525. The molecule has 1 aromatic carbocycles. The summed E-state index contributed by atoms with van der Waals surface area (Å²) >= 11 is 0. The lowest BCUT2D eigenvalue weighted by Crippen LogP contribution is -2.04. The van der Waals surface area contributed by atoms with E-state index in [1.165, 1.54) is 12.1 Å². The van der Waals surface area contributed by atoms with Gasteiger partial charge in [0.2, 0.25) is 0 Å². The first kappa shape index (κ1) is 9.59. The highest BCUT2D eigenvalue weighted by Crippen LogP contribution is 2.50. The molecule has 0 spiro atoms. The first-order valence-electron chi connectivity index (χ1n) is 4.72. The molecule has 0 heterocycles. The Morgan fingerprint density at radius 3 is 2.64 bits per heavy atom. The zero-order chi connectivity index (χ0) is 10.3. The highest BCUT2D eigenvalue weighted by atomic mass is 19.1. The Morgan fingerprint density at radius 2 is 2.14 bits per heavy atom. The zero-order valence-electron chi connectivity index (χ0n) is 7.87. The maximum absolute atomic E-state index is 13.3. The third-order valence-corrected chi connectivity index (χ3v) is 2.82. The molecule has 0 aromatic heterocycles. The SMILES string of the molecule is C[C@@H](O)[C@H]1C[C@@H]1c1ccc(F)cc1F. The van der Waals surface area contributed by atoms with E-state index in [0.717, 1.165) is 12.5 Å². The van der Waals surface area contributed by atoms with E-state index in [9.17, 15) is 13.9 Å². The molecule has 0 unspecified atom stereocenters. The van der Waals surface area contributed by atoms with Crippen molar-refractivity contribution in [2.45, 2.75) is 25.4 Å².